The number of nitrogens with one attached hydrogen (secondary N) is 1. The summed E-state index contributed by atoms with van der Waals surface area (Å²) in [6, 6.07) is 19.1. The van der Waals surface area contributed by atoms with Gasteiger partial charge in [-0.3, -0.25) is 9.78 Å². The molecule has 1 fully saturated rings. The molecule has 2 heterocycles. The first-order chi connectivity index (χ1) is 14.2. The molecule has 1 saturated heterocycles. The van der Waals surface area contributed by atoms with E-state index in [4.69, 9.17) is 4.74 Å². The number of nitrogens with zero attached hydrogens (tertiary/aromatic N) is 2. The van der Waals surface area contributed by atoms with Gasteiger partial charge in [0, 0.05) is 25.0 Å². The first-order valence-electron chi connectivity index (χ1n) is 9.61. The van der Waals surface area contributed by atoms with Crippen LogP contribution in [0.4, 0.5) is 10.1 Å². The second kappa shape index (κ2) is 8.84. The highest BCUT2D eigenvalue weighted by Gasteiger charge is 2.20. The highest BCUT2D eigenvalue weighted by atomic mass is 19.1. The van der Waals surface area contributed by atoms with Crippen LogP contribution in [0.25, 0.3) is 0 Å². The van der Waals surface area contributed by atoms with Gasteiger partial charge >= 0.3 is 0 Å². The molecule has 2 aromatic carbocycles. The van der Waals surface area contributed by atoms with E-state index in [0.717, 1.165) is 29.9 Å². The number of amides is 1. The molecule has 0 saturated carbocycles. The number of carbonyl (C=O) groups is 1. The van der Waals surface area contributed by atoms with Gasteiger partial charge in [-0.1, -0.05) is 42.5 Å². The van der Waals surface area contributed by atoms with Gasteiger partial charge in [-0.05, 0) is 35.4 Å². The molecule has 148 valence electrons. The lowest BCUT2D eigenvalue weighted by atomic mass is 9.98. The molecule has 1 aliphatic heterocycles. The maximum Gasteiger partial charge on any atom is 0.270 e. The number of benzene rings is 2. The molecule has 5 nitrogen and oxygen atoms in total. The largest absolute Gasteiger partial charge is 0.378 e. The summed E-state index contributed by atoms with van der Waals surface area (Å²) < 4.78 is 18.8. The van der Waals surface area contributed by atoms with Crippen LogP contribution in [0.5, 0.6) is 0 Å². The molecular weight excluding hydrogens is 369 g/mol. The summed E-state index contributed by atoms with van der Waals surface area (Å²) in [5.41, 5.74) is 3.01. The molecule has 4 rings (SSSR count). The average Bonchev–Trinajstić information content (AvgIpc) is 2.79. The second-order valence-electron chi connectivity index (χ2n) is 6.87. The molecular formula is C23H22FN3O2. The lowest BCUT2D eigenvalue weighted by Gasteiger charge is -2.29. The zero-order chi connectivity index (χ0) is 20.1. The molecule has 0 bridgehead atoms. The number of anilines is 1. The summed E-state index contributed by atoms with van der Waals surface area (Å²) in [4.78, 5) is 19.4. The zero-order valence-corrected chi connectivity index (χ0v) is 15.9. The molecule has 1 aromatic heterocycles. The number of hydrogen-bond acceptors (Lipinski definition) is 4. The summed E-state index contributed by atoms with van der Waals surface area (Å²) in [5, 5.41) is 3.05. The Labute approximate surface area is 169 Å². The summed E-state index contributed by atoms with van der Waals surface area (Å²) in [6.45, 7) is 2.91. The zero-order valence-electron chi connectivity index (χ0n) is 15.9. The number of morpholine rings is 1. The van der Waals surface area contributed by atoms with E-state index in [1.54, 1.807) is 24.4 Å². The summed E-state index contributed by atoms with van der Waals surface area (Å²) in [5.74, 6) is -0.593. The molecule has 1 N–H and O–H groups in total. The second-order valence-corrected chi connectivity index (χ2v) is 6.87. The van der Waals surface area contributed by atoms with Crippen molar-refractivity contribution in [2.45, 2.75) is 6.04 Å². The van der Waals surface area contributed by atoms with E-state index in [0.29, 0.717) is 18.9 Å². The molecule has 1 atom stereocenters. The highest BCUT2D eigenvalue weighted by Crippen LogP contribution is 2.23. The first kappa shape index (κ1) is 19.1. The minimum atomic E-state index is -0.404. The van der Waals surface area contributed by atoms with Gasteiger partial charge in [-0.2, -0.15) is 0 Å². The quantitative estimate of drug-likeness (QED) is 0.722. The summed E-state index contributed by atoms with van der Waals surface area (Å²) in [6.07, 6.45) is 1.65. The fourth-order valence-electron chi connectivity index (χ4n) is 3.43. The molecule has 0 spiro atoms. The highest BCUT2D eigenvalue weighted by molar-refractivity contribution is 5.93. The van der Waals surface area contributed by atoms with Gasteiger partial charge in [0.05, 0.1) is 19.3 Å². The van der Waals surface area contributed by atoms with E-state index < -0.39 is 6.04 Å². The van der Waals surface area contributed by atoms with Gasteiger partial charge in [-0.15, -0.1) is 0 Å². The van der Waals surface area contributed by atoms with Crippen LogP contribution in [0.2, 0.25) is 0 Å². The maximum absolute atomic E-state index is 13.4. The molecule has 6 heteroatoms. The van der Waals surface area contributed by atoms with Crippen molar-refractivity contribution in [1.29, 1.82) is 0 Å². The number of rotatable bonds is 5. The normalized spacial score (nSPS) is 15.0. The van der Waals surface area contributed by atoms with Crippen molar-refractivity contribution in [3.05, 3.63) is 95.6 Å². The smallest absolute Gasteiger partial charge is 0.270 e. The van der Waals surface area contributed by atoms with Crippen molar-refractivity contribution >= 4 is 11.6 Å². The monoisotopic (exact) mass is 391 g/mol. The van der Waals surface area contributed by atoms with Crippen molar-refractivity contribution < 1.29 is 13.9 Å². The first-order valence-corrected chi connectivity index (χ1v) is 9.61. The Morgan fingerprint density at radius 1 is 1.00 bits per heavy atom. The van der Waals surface area contributed by atoms with E-state index >= 15 is 0 Å². The Morgan fingerprint density at radius 2 is 1.69 bits per heavy atom. The number of aromatic nitrogens is 1. The van der Waals surface area contributed by atoms with Crippen LogP contribution >= 0.6 is 0 Å². The molecule has 0 radical (unpaired) electrons. The van der Waals surface area contributed by atoms with Gasteiger partial charge in [0.1, 0.15) is 11.5 Å². The van der Waals surface area contributed by atoms with Gasteiger partial charge < -0.3 is 15.0 Å². The van der Waals surface area contributed by atoms with Crippen LogP contribution in [0.1, 0.15) is 27.7 Å². The third-order valence-electron chi connectivity index (χ3n) is 4.96. The Hall–Kier alpha value is -3.25. The molecule has 3 aromatic rings. The SMILES string of the molecule is O=C(N[C@@H](c1ccccc1)c1ccc(F)cc1)c1cc(N2CCOCC2)ccn1. The number of pyridine rings is 1. The fourth-order valence-corrected chi connectivity index (χ4v) is 3.43. The predicted molar refractivity (Wildman–Crippen MR) is 109 cm³/mol. The van der Waals surface area contributed by atoms with Crippen molar-refractivity contribution in [3.63, 3.8) is 0 Å². The lowest BCUT2D eigenvalue weighted by Crippen LogP contribution is -2.36. The summed E-state index contributed by atoms with van der Waals surface area (Å²) >= 11 is 0. The standard InChI is InChI=1S/C23H22FN3O2/c24-19-8-6-18(7-9-19)22(17-4-2-1-3-5-17)26-23(28)21-16-20(10-11-25-21)27-12-14-29-15-13-27/h1-11,16,22H,12-15H2,(H,26,28)/t22-/m0/s1. The van der Waals surface area contributed by atoms with Gasteiger partial charge in [0.2, 0.25) is 0 Å². The molecule has 0 aliphatic carbocycles. The lowest BCUT2D eigenvalue weighted by molar-refractivity contribution is 0.0938. The van der Waals surface area contributed by atoms with E-state index in [2.05, 4.69) is 15.2 Å². The summed E-state index contributed by atoms with van der Waals surface area (Å²) in [7, 11) is 0. The minimum absolute atomic E-state index is 0.279. The van der Waals surface area contributed by atoms with Crippen LogP contribution in [-0.2, 0) is 4.74 Å². The molecule has 1 amide bonds. The van der Waals surface area contributed by atoms with Crippen molar-refractivity contribution in [2.24, 2.45) is 0 Å². The van der Waals surface area contributed by atoms with Crippen LogP contribution in [0.3, 0.4) is 0 Å². The Balaban J connectivity index is 1.59. The van der Waals surface area contributed by atoms with Crippen LogP contribution in [-0.4, -0.2) is 37.2 Å². The number of halogens is 1. The van der Waals surface area contributed by atoms with E-state index in [1.165, 1.54) is 12.1 Å². The van der Waals surface area contributed by atoms with Gasteiger partial charge in [-0.25, -0.2) is 4.39 Å². The Kier molecular flexibility index (Phi) is 5.81. The Morgan fingerprint density at radius 3 is 2.41 bits per heavy atom. The molecule has 29 heavy (non-hydrogen) atoms. The third-order valence-corrected chi connectivity index (χ3v) is 4.96. The van der Waals surface area contributed by atoms with E-state index in [-0.39, 0.29) is 11.7 Å². The van der Waals surface area contributed by atoms with Gasteiger partial charge in [0.15, 0.2) is 0 Å². The van der Waals surface area contributed by atoms with Crippen molar-refractivity contribution in [3.8, 4) is 0 Å². The number of hydrogen-bond donors (Lipinski definition) is 1. The van der Waals surface area contributed by atoms with E-state index in [9.17, 15) is 9.18 Å². The molecule has 0 unspecified atom stereocenters. The topological polar surface area (TPSA) is 54.5 Å². The van der Waals surface area contributed by atoms with Crippen LogP contribution in [0.15, 0.2) is 72.9 Å². The predicted octanol–water partition coefficient (Wildman–Crippen LogP) is 3.58. The fraction of sp³-hybridized carbons (Fsp3) is 0.217. The number of carbonyl (C=O) groups excluding carboxylic acids is 1. The minimum Gasteiger partial charge on any atom is -0.378 e. The van der Waals surface area contributed by atoms with E-state index in [1.807, 2.05) is 36.4 Å². The van der Waals surface area contributed by atoms with Crippen LogP contribution < -0.4 is 10.2 Å². The van der Waals surface area contributed by atoms with Gasteiger partial charge in [0.25, 0.3) is 5.91 Å². The third kappa shape index (κ3) is 4.60. The van der Waals surface area contributed by atoms with Crippen molar-refractivity contribution in [2.75, 3.05) is 31.2 Å². The molecule has 1 aliphatic rings. The van der Waals surface area contributed by atoms with Crippen LogP contribution in [0, 0.1) is 5.82 Å². The maximum atomic E-state index is 13.4. The average molecular weight is 391 g/mol. The van der Waals surface area contributed by atoms with Crippen molar-refractivity contribution in [1.82, 2.24) is 10.3 Å². The Bertz CT molecular complexity index is 957. The number of ether oxygens (including phenoxy) is 1.